The van der Waals surface area contributed by atoms with Gasteiger partial charge >= 0.3 is 5.97 Å². The molecule has 1 rings (SSSR count). The molecule has 0 aromatic carbocycles. The Morgan fingerprint density at radius 2 is 2.19 bits per heavy atom. The van der Waals surface area contributed by atoms with E-state index < -0.39 is 12.1 Å². The standard InChI is InChI=1S/C10H12N2O4/c1-6(16-2)9(13)12-8-3-7(10(14)15)4-11-5-8/h3-6H,1-2H3,(H,12,13)(H,14,15)/t6-/m0/s1. The molecule has 0 fully saturated rings. The summed E-state index contributed by atoms with van der Waals surface area (Å²) in [6.45, 7) is 1.59. The molecule has 1 heterocycles. The molecule has 0 bridgehead atoms. The largest absolute Gasteiger partial charge is 0.478 e. The summed E-state index contributed by atoms with van der Waals surface area (Å²) in [6.07, 6.45) is 1.97. The van der Waals surface area contributed by atoms with Gasteiger partial charge in [0.1, 0.15) is 6.10 Å². The highest BCUT2D eigenvalue weighted by Gasteiger charge is 2.12. The van der Waals surface area contributed by atoms with Crippen LogP contribution in [-0.2, 0) is 9.53 Å². The first-order valence-corrected chi connectivity index (χ1v) is 4.56. The average Bonchev–Trinajstić information content (AvgIpc) is 2.28. The summed E-state index contributed by atoms with van der Waals surface area (Å²) in [5.74, 6) is -1.45. The van der Waals surface area contributed by atoms with Crippen molar-refractivity contribution in [3.05, 3.63) is 24.0 Å². The number of hydrogen-bond donors (Lipinski definition) is 2. The molecule has 1 amide bonds. The summed E-state index contributed by atoms with van der Waals surface area (Å²) in [5.41, 5.74) is 0.344. The van der Waals surface area contributed by atoms with Crippen LogP contribution in [0.1, 0.15) is 17.3 Å². The summed E-state index contributed by atoms with van der Waals surface area (Å²) in [5, 5.41) is 11.2. The Kier molecular flexibility index (Phi) is 3.96. The van der Waals surface area contributed by atoms with E-state index in [-0.39, 0.29) is 11.5 Å². The Morgan fingerprint density at radius 3 is 2.75 bits per heavy atom. The van der Waals surface area contributed by atoms with E-state index in [9.17, 15) is 9.59 Å². The molecule has 6 heteroatoms. The van der Waals surface area contributed by atoms with E-state index in [0.29, 0.717) is 5.69 Å². The quantitative estimate of drug-likeness (QED) is 0.787. The van der Waals surface area contributed by atoms with Crippen molar-refractivity contribution >= 4 is 17.6 Å². The number of hydrogen-bond acceptors (Lipinski definition) is 4. The fraction of sp³-hybridized carbons (Fsp3) is 0.300. The second-order valence-electron chi connectivity index (χ2n) is 3.13. The molecular formula is C10H12N2O4. The maximum atomic E-state index is 11.4. The number of carboxylic acids is 1. The number of carbonyl (C=O) groups is 2. The van der Waals surface area contributed by atoms with Crippen molar-refractivity contribution in [1.29, 1.82) is 0 Å². The highest BCUT2D eigenvalue weighted by molar-refractivity contribution is 5.95. The number of carbonyl (C=O) groups excluding carboxylic acids is 1. The van der Waals surface area contributed by atoms with E-state index in [2.05, 4.69) is 10.3 Å². The van der Waals surface area contributed by atoms with Crippen LogP contribution in [0.4, 0.5) is 5.69 Å². The molecule has 0 aliphatic rings. The molecule has 0 spiro atoms. The normalized spacial score (nSPS) is 11.9. The summed E-state index contributed by atoms with van der Waals surface area (Å²) in [6, 6.07) is 1.33. The van der Waals surface area contributed by atoms with Crippen LogP contribution < -0.4 is 5.32 Å². The van der Waals surface area contributed by atoms with Gasteiger partial charge < -0.3 is 15.2 Å². The number of carboxylic acid groups (broad SMARTS) is 1. The molecule has 0 saturated heterocycles. The van der Waals surface area contributed by atoms with Crippen LogP contribution in [0.25, 0.3) is 0 Å². The smallest absolute Gasteiger partial charge is 0.337 e. The monoisotopic (exact) mass is 224 g/mol. The zero-order chi connectivity index (χ0) is 12.1. The van der Waals surface area contributed by atoms with Crippen molar-refractivity contribution in [2.45, 2.75) is 13.0 Å². The second-order valence-corrected chi connectivity index (χ2v) is 3.13. The first-order valence-electron chi connectivity index (χ1n) is 4.56. The maximum absolute atomic E-state index is 11.4. The lowest BCUT2D eigenvalue weighted by Gasteiger charge is -2.10. The molecular weight excluding hydrogens is 212 g/mol. The van der Waals surface area contributed by atoms with Gasteiger partial charge in [0.05, 0.1) is 17.4 Å². The van der Waals surface area contributed by atoms with Crippen LogP contribution in [-0.4, -0.2) is 35.2 Å². The summed E-state index contributed by atoms with van der Waals surface area (Å²) < 4.78 is 4.81. The molecule has 0 aliphatic heterocycles. The number of pyridine rings is 1. The lowest BCUT2D eigenvalue weighted by atomic mass is 10.2. The molecule has 16 heavy (non-hydrogen) atoms. The number of aromatic nitrogens is 1. The number of anilines is 1. The Labute approximate surface area is 92.3 Å². The SMILES string of the molecule is CO[C@@H](C)C(=O)Nc1cncc(C(=O)O)c1. The predicted molar refractivity (Wildman–Crippen MR) is 56.3 cm³/mol. The number of nitrogens with one attached hydrogen (secondary N) is 1. The van der Waals surface area contributed by atoms with Crippen LogP contribution in [0, 0.1) is 0 Å². The van der Waals surface area contributed by atoms with Gasteiger partial charge in [-0.1, -0.05) is 0 Å². The zero-order valence-corrected chi connectivity index (χ0v) is 8.93. The van der Waals surface area contributed by atoms with Gasteiger partial charge in [-0.25, -0.2) is 4.79 Å². The van der Waals surface area contributed by atoms with Crippen molar-refractivity contribution in [3.63, 3.8) is 0 Å². The van der Waals surface area contributed by atoms with Gasteiger partial charge in [0.25, 0.3) is 5.91 Å². The lowest BCUT2D eigenvalue weighted by Crippen LogP contribution is -2.26. The van der Waals surface area contributed by atoms with Crippen molar-refractivity contribution in [1.82, 2.24) is 4.98 Å². The molecule has 0 radical (unpaired) electrons. The van der Waals surface area contributed by atoms with Crippen LogP contribution in [0.3, 0.4) is 0 Å². The van der Waals surface area contributed by atoms with Gasteiger partial charge in [-0.05, 0) is 13.0 Å². The molecule has 2 N–H and O–H groups in total. The van der Waals surface area contributed by atoms with Crippen LogP contribution in [0.15, 0.2) is 18.5 Å². The van der Waals surface area contributed by atoms with Crippen LogP contribution in [0.5, 0.6) is 0 Å². The molecule has 86 valence electrons. The molecule has 1 aromatic heterocycles. The fourth-order valence-electron chi connectivity index (χ4n) is 0.976. The van der Waals surface area contributed by atoms with E-state index in [4.69, 9.17) is 9.84 Å². The number of nitrogens with zero attached hydrogens (tertiary/aromatic N) is 1. The first kappa shape index (κ1) is 12.1. The zero-order valence-electron chi connectivity index (χ0n) is 8.93. The van der Waals surface area contributed by atoms with E-state index in [1.54, 1.807) is 6.92 Å². The highest BCUT2D eigenvalue weighted by atomic mass is 16.5. The number of ether oxygens (including phenoxy) is 1. The molecule has 6 nitrogen and oxygen atoms in total. The predicted octanol–water partition coefficient (Wildman–Crippen LogP) is 0.753. The van der Waals surface area contributed by atoms with Gasteiger partial charge in [0.2, 0.25) is 0 Å². The van der Waals surface area contributed by atoms with E-state index in [1.807, 2.05) is 0 Å². The maximum Gasteiger partial charge on any atom is 0.337 e. The number of aromatic carboxylic acids is 1. The Morgan fingerprint density at radius 1 is 1.50 bits per heavy atom. The molecule has 0 aliphatic carbocycles. The average molecular weight is 224 g/mol. The van der Waals surface area contributed by atoms with Gasteiger partial charge in [0.15, 0.2) is 0 Å². The second kappa shape index (κ2) is 5.22. The van der Waals surface area contributed by atoms with Gasteiger partial charge in [0, 0.05) is 13.3 Å². The van der Waals surface area contributed by atoms with E-state index in [1.165, 1.54) is 25.6 Å². The third-order valence-electron chi connectivity index (χ3n) is 1.98. The number of rotatable bonds is 4. The van der Waals surface area contributed by atoms with E-state index >= 15 is 0 Å². The minimum absolute atomic E-state index is 0.0165. The Hall–Kier alpha value is -1.95. The minimum Gasteiger partial charge on any atom is -0.478 e. The third-order valence-corrected chi connectivity index (χ3v) is 1.98. The third kappa shape index (κ3) is 3.03. The van der Waals surface area contributed by atoms with Crippen molar-refractivity contribution < 1.29 is 19.4 Å². The molecule has 0 saturated carbocycles. The van der Waals surface area contributed by atoms with Crippen LogP contribution in [0.2, 0.25) is 0 Å². The topological polar surface area (TPSA) is 88.5 Å². The summed E-state index contributed by atoms with van der Waals surface area (Å²) >= 11 is 0. The minimum atomic E-state index is -1.09. The van der Waals surface area contributed by atoms with Gasteiger partial charge in [-0.3, -0.25) is 9.78 Å². The Bertz CT molecular complexity index is 406. The van der Waals surface area contributed by atoms with E-state index in [0.717, 1.165) is 0 Å². The number of amides is 1. The van der Waals surface area contributed by atoms with Crippen LogP contribution >= 0.6 is 0 Å². The van der Waals surface area contributed by atoms with Crippen molar-refractivity contribution in [2.24, 2.45) is 0 Å². The van der Waals surface area contributed by atoms with Crippen molar-refractivity contribution in [2.75, 3.05) is 12.4 Å². The molecule has 1 aromatic rings. The van der Waals surface area contributed by atoms with Gasteiger partial charge in [-0.2, -0.15) is 0 Å². The van der Waals surface area contributed by atoms with Gasteiger partial charge in [-0.15, -0.1) is 0 Å². The Balaban J connectivity index is 2.78. The lowest BCUT2D eigenvalue weighted by molar-refractivity contribution is -0.124. The molecule has 0 unspecified atom stereocenters. The molecule has 1 atom stereocenters. The first-order chi connectivity index (χ1) is 7.54. The number of methoxy groups -OCH3 is 1. The van der Waals surface area contributed by atoms with Crippen molar-refractivity contribution in [3.8, 4) is 0 Å². The summed E-state index contributed by atoms with van der Waals surface area (Å²) in [7, 11) is 1.41. The fourth-order valence-corrected chi connectivity index (χ4v) is 0.976. The highest BCUT2D eigenvalue weighted by Crippen LogP contribution is 2.09. The summed E-state index contributed by atoms with van der Waals surface area (Å²) in [4.78, 5) is 25.8.